The van der Waals surface area contributed by atoms with E-state index < -0.39 is 15.7 Å². The van der Waals surface area contributed by atoms with Crippen LogP contribution in [-0.2, 0) is 20.7 Å². The summed E-state index contributed by atoms with van der Waals surface area (Å²) in [4.78, 5) is 0.289. The van der Waals surface area contributed by atoms with E-state index in [1.807, 2.05) is 19.1 Å². The molecule has 0 atom stereocenters. The van der Waals surface area contributed by atoms with Gasteiger partial charge in [0.15, 0.2) is 0 Å². The highest BCUT2D eigenvalue weighted by Gasteiger charge is 2.25. The lowest BCUT2D eigenvalue weighted by Gasteiger charge is -2.20. The maximum absolute atomic E-state index is 12.1. The van der Waals surface area contributed by atoms with Gasteiger partial charge in [0.2, 0.25) is 0 Å². The lowest BCUT2D eigenvalue weighted by Crippen LogP contribution is -2.24. The van der Waals surface area contributed by atoms with Crippen LogP contribution in [0.15, 0.2) is 29.2 Å². The molecule has 0 aliphatic heterocycles. The van der Waals surface area contributed by atoms with Crippen molar-refractivity contribution in [2.45, 2.75) is 51.0 Å². The predicted octanol–water partition coefficient (Wildman–Crippen LogP) is 3.14. The first kappa shape index (κ1) is 14.2. The molecular weight excluding hydrogens is 236 g/mol. The van der Waals surface area contributed by atoms with Crippen molar-refractivity contribution in [2.75, 3.05) is 0 Å². The van der Waals surface area contributed by atoms with Crippen LogP contribution in [0.4, 0.5) is 0 Å². The van der Waals surface area contributed by atoms with Crippen LogP contribution in [0.1, 0.15) is 39.7 Å². The molecule has 0 saturated carbocycles. The lowest BCUT2D eigenvalue weighted by molar-refractivity contribution is 0.139. The van der Waals surface area contributed by atoms with Gasteiger partial charge in [0.05, 0.1) is 10.5 Å². The Morgan fingerprint density at radius 1 is 1.18 bits per heavy atom. The number of aryl methyl sites for hydroxylation is 1. The van der Waals surface area contributed by atoms with E-state index in [1.54, 1.807) is 32.9 Å². The Morgan fingerprint density at radius 2 is 1.76 bits per heavy atom. The van der Waals surface area contributed by atoms with Crippen molar-refractivity contribution in [3.05, 3.63) is 29.8 Å². The predicted molar refractivity (Wildman–Crippen MR) is 68.5 cm³/mol. The molecule has 0 heterocycles. The highest BCUT2D eigenvalue weighted by molar-refractivity contribution is 7.86. The van der Waals surface area contributed by atoms with Gasteiger partial charge in [-0.1, -0.05) is 31.5 Å². The number of rotatable bonds is 4. The largest absolute Gasteiger partial charge is 0.297 e. The molecule has 0 aromatic heterocycles. The normalized spacial score (nSPS) is 12.7. The zero-order valence-electron chi connectivity index (χ0n) is 10.9. The zero-order chi connectivity index (χ0) is 13.1. The van der Waals surface area contributed by atoms with E-state index in [0.29, 0.717) is 0 Å². The molecule has 96 valence electrons. The lowest BCUT2D eigenvalue weighted by atomic mass is 10.1. The molecule has 0 saturated heterocycles. The van der Waals surface area contributed by atoms with Gasteiger partial charge in [-0.3, -0.25) is 4.18 Å². The second kappa shape index (κ2) is 5.19. The molecule has 0 unspecified atom stereocenters. The molecule has 0 spiro atoms. The van der Waals surface area contributed by atoms with Crippen LogP contribution in [0.25, 0.3) is 0 Å². The van der Waals surface area contributed by atoms with Crippen LogP contribution < -0.4 is 0 Å². The minimum absolute atomic E-state index is 0.289. The average molecular weight is 256 g/mol. The van der Waals surface area contributed by atoms with Crippen molar-refractivity contribution in [2.24, 2.45) is 0 Å². The first-order valence-electron chi connectivity index (χ1n) is 5.80. The highest BCUT2D eigenvalue weighted by Crippen LogP contribution is 2.23. The van der Waals surface area contributed by atoms with Gasteiger partial charge in [0, 0.05) is 0 Å². The summed E-state index contributed by atoms with van der Waals surface area (Å²) in [5.41, 5.74) is 0.109. The van der Waals surface area contributed by atoms with Gasteiger partial charge in [0.25, 0.3) is 10.1 Å². The summed E-state index contributed by atoms with van der Waals surface area (Å²) in [5.74, 6) is 0. The van der Waals surface area contributed by atoms with E-state index in [-0.39, 0.29) is 4.90 Å². The van der Waals surface area contributed by atoms with Crippen molar-refractivity contribution in [1.29, 1.82) is 0 Å². The van der Waals surface area contributed by atoms with Gasteiger partial charge < -0.3 is 0 Å². The summed E-state index contributed by atoms with van der Waals surface area (Å²) < 4.78 is 29.4. The first-order valence-corrected chi connectivity index (χ1v) is 7.20. The number of hydrogen-bond acceptors (Lipinski definition) is 3. The summed E-state index contributed by atoms with van der Waals surface area (Å²) in [6.07, 6.45) is 1.64. The topological polar surface area (TPSA) is 43.4 Å². The summed E-state index contributed by atoms with van der Waals surface area (Å²) in [6.45, 7) is 7.21. The Hall–Kier alpha value is -0.870. The molecule has 0 N–H and O–H groups in total. The van der Waals surface area contributed by atoms with Crippen LogP contribution in [0.2, 0.25) is 0 Å². The molecule has 1 rings (SSSR count). The maximum Gasteiger partial charge on any atom is 0.297 e. The molecular formula is C13H20O3S. The number of hydrogen-bond donors (Lipinski definition) is 0. The van der Waals surface area contributed by atoms with Crippen molar-refractivity contribution in [3.63, 3.8) is 0 Å². The molecule has 0 fully saturated rings. The Balaban J connectivity index is 3.15. The summed E-state index contributed by atoms with van der Waals surface area (Å²) >= 11 is 0. The molecule has 0 bridgehead atoms. The van der Waals surface area contributed by atoms with Crippen molar-refractivity contribution in [3.8, 4) is 0 Å². The van der Waals surface area contributed by atoms with E-state index in [0.717, 1.165) is 18.4 Å². The van der Waals surface area contributed by atoms with E-state index in [1.165, 1.54) is 0 Å². The molecule has 1 aromatic carbocycles. The summed E-state index contributed by atoms with van der Waals surface area (Å²) in [5, 5.41) is 0. The van der Waals surface area contributed by atoms with Crippen LogP contribution in [0.3, 0.4) is 0 Å². The van der Waals surface area contributed by atoms with Gasteiger partial charge in [-0.15, -0.1) is 0 Å². The first-order chi connectivity index (χ1) is 7.76. The van der Waals surface area contributed by atoms with Crippen molar-refractivity contribution in [1.82, 2.24) is 0 Å². The number of benzene rings is 1. The Bertz CT molecular complexity index is 470. The minimum atomic E-state index is -3.67. The van der Waals surface area contributed by atoms with Gasteiger partial charge in [-0.25, -0.2) is 0 Å². The van der Waals surface area contributed by atoms with Crippen LogP contribution in [0, 0.1) is 0 Å². The third kappa shape index (κ3) is 4.13. The average Bonchev–Trinajstić information content (AvgIpc) is 2.15. The van der Waals surface area contributed by atoms with Crippen molar-refractivity contribution >= 4 is 10.1 Å². The minimum Gasteiger partial charge on any atom is -0.261 e. The third-order valence-electron chi connectivity index (χ3n) is 2.12. The molecule has 0 aliphatic rings. The standard InChI is InChI=1S/C13H20O3S/c1-5-8-11-9-6-7-10-12(11)17(14,15)16-13(2,3)4/h6-7,9-10H,5,8H2,1-4H3. The van der Waals surface area contributed by atoms with Gasteiger partial charge in [-0.05, 0) is 38.8 Å². The maximum atomic E-state index is 12.1. The fraction of sp³-hybridized carbons (Fsp3) is 0.538. The highest BCUT2D eigenvalue weighted by atomic mass is 32.2. The second-order valence-corrected chi connectivity index (χ2v) is 6.52. The molecule has 0 amide bonds. The Morgan fingerprint density at radius 3 is 2.29 bits per heavy atom. The van der Waals surface area contributed by atoms with Gasteiger partial charge >= 0.3 is 0 Å². The molecule has 0 aliphatic carbocycles. The Kier molecular flexibility index (Phi) is 4.33. The molecule has 1 aromatic rings. The fourth-order valence-electron chi connectivity index (χ4n) is 1.60. The van der Waals surface area contributed by atoms with Crippen LogP contribution in [-0.4, -0.2) is 14.0 Å². The zero-order valence-corrected chi connectivity index (χ0v) is 11.7. The quantitative estimate of drug-likeness (QED) is 0.777. The van der Waals surface area contributed by atoms with Gasteiger partial charge in [-0.2, -0.15) is 8.42 Å². The van der Waals surface area contributed by atoms with E-state index >= 15 is 0 Å². The second-order valence-electron chi connectivity index (χ2n) is 5.01. The molecule has 0 radical (unpaired) electrons. The van der Waals surface area contributed by atoms with Crippen LogP contribution in [0.5, 0.6) is 0 Å². The van der Waals surface area contributed by atoms with Crippen LogP contribution >= 0.6 is 0 Å². The van der Waals surface area contributed by atoms with E-state index in [9.17, 15) is 8.42 Å². The van der Waals surface area contributed by atoms with E-state index in [2.05, 4.69) is 0 Å². The van der Waals surface area contributed by atoms with Gasteiger partial charge in [0.1, 0.15) is 0 Å². The smallest absolute Gasteiger partial charge is 0.261 e. The van der Waals surface area contributed by atoms with Crippen molar-refractivity contribution < 1.29 is 12.6 Å². The SMILES string of the molecule is CCCc1ccccc1S(=O)(=O)OC(C)(C)C. The molecule has 17 heavy (non-hydrogen) atoms. The third-order valence-corrected chi connectivity index (χ3v) is 3.78. The Labute approximate surface area is 104 Å². The molecule has 3 nitrogen and oxygen atoms in total. The molecule has 4 heteroatoms. The monoisotopic (exact) mass is 256 g/mol. The fourth-order valence-corrected chi connectivity index (χ4v) is 3.08. The van der Waals surface area contributed by atoms with E-state index in [4.69, 9.17) is 4.18 Å². The summed E-state index contributed by atoms with van der Waals surface area (Å²) in [6, 6.07) is 7.01. The summed E-state index contributed by atoms with van der Waals surface area (Å²) in [7, 11) is -3.67.